The Hall–Kier alpha value is -2.96. The number of benzene rings is 3. The van der Waals surface area contributed by atoms with Crippen LogP contribution in [0.3, 0.4) is 0 Å². The zero-order chi connectivity index (χ0) is 29.6. The van der Waals surface area contributed by atoms with Crippen molar-refractivity contribution >= 4 is 0 Å². The number of hydrogen-bond acceptors (Lipinski definition) is 5. The van der Waals surface area contributed by atoms with Gasteiger partial charge in [-0.2, -0.15) is 0 Å². The topological polar surface area (TPSA) is 79.2 Å². The van der Waals surface area contributed by atoms with Gasteiger partial charge in [-0.05, 0) is 95.7 Å². The molecule has 3 aromatic rings. The molecule has 0 spiro atoms. The van der Waals surface area contributed by atoms with Crippen LogP contribution >= 0.6 is 0 Å². The van der Waals surface area contributed by atoms with Crippen LogP contribution in [0.4, 0.5) is 0 Å². The molecule has 41 heavy (non-hydrogen) atoms. The predicted octanol–water partition coefficient (Wildman–Crippen LogP) is 7.14. The number of rotatable bonds is 18. The van der Waals surface area contributed by atoms with Gasteiger partial charge in [-0.25, -0.2) is 0 Å². The SMILES string of the molecule is C=C(C)C(O)OCCc1cc(-c2ccc(-c3ccc(CCCCC)cc3)cc2CC)ccc1OCCC(CO)CO. The molecule has 0 aliphatic rings. The average molecular weight is 561 g/mol. The summed E-state index contributed by atoms with van der Waals surface area (Å²) in [5.41, 5.74) is 8.94. The molecule has 0 saturated heterocycles. The van der Waals surface area contributed by atoms with Crippen molar-refractivity contribution in [1.82, 2.24) is 0 Å². The molecule has 0 aromatic heterocycles. The maximum Gasteiger partial charge on any atom is 0.176 e. The summed E-state index contributed by atoms with van der Waals surface area (Å²) in [6.45, 7) is 10.5. The van der Waals surface area contributed by atoms with Crippen molar-refractivity contribution < 1.29 is 24.8 Å². The summed E-state index contributed by atoms with van der Waals surface area (Å²) in [5.74, 6) is 0.542. The Kier molecular flexibility index (Phi) is 13.6. The Morgan fingerprint density at radius 3 is 2.15 bits per heavy atom. The molecule has 222 valence electrons. The lowest BCUT2D eigenvalue weighted by atomic mass is 9.92. The van der Waals surface area contributed by atoms with Crippen molar-refractivity contribution in [1.29, 1.82) is 0 Å². The van der Waals surface area contributed by atoms with Gasteiger partial charge >= 0.3 is 0 Å². The molecule has 0 amide bonds. The maximum atomic E-state index is 10.0. The molecule has 3 N–H and O–H groups in total. The number of aryl methyl sites for hydroxylation is 2. The fraction of sp³-hybridized carbons (Fsp3) is 0.444. The Morgan fingerprint density at radius 2 is 1.49 bits per heavy atom. The van der Waals surface area contributed by atoms with Crippen molar-refractivity contribution in [3.8, 4) is 28.0 Å². The zero-order valence-corrected chi connectivity index (χ0v) is 25.1. The summed E-state index contributed by atoms with van der Waals surface area (Å²) >= 11 is 0. The Morgan fingerprint density at radius 1 is 0.805 bits per heavy atom. The van der Waals surface area contributed by atoms with Crippen molar-refractivity contribution in [2.24, 2.45) is 5.92 Å². The van der Waals surface area contributed by atoms with Crippen molar-refractivity contribution in [3.05, 3.63) is 89.5 Å². The van der Waals surface area contributed by atoms with Crippen LogP contribution in [0, 0.1) is 5.92 Å². The predicted molar refractivity (Wildman–Crippen MR) is 168 cm³/mol. The minimum atomic E-state index is -0.998. The molecule has 1 atom stereocenters. The van der Waals surface area contributed by atoms with E-state index in [4.69, 9.17) is 9.47 Å². The molecule has 5 nitrogen and oxygen atoms in total. The summed E-state index contributed by atoms with van der Waals surface area (Å²) in [6, 6.07) is 21.9. The van der Waals surface area contributed by atoms with Gasteiger partial charge in [0.15, 0.2) is 6.29 Å². The van der Waals surface area contributed by atoms with Crippen molar-refractivity contribution in [2.45, 2.75) is 72.0 Å². The van der Waals surface area contributed by atoms with Crippen LogP contribution < -0.4 is 4.74 Å². The number of ether oxygens (including phenoxy) is 2. The standard InChI is InChI=1S/C36H48O5/c1-5-7-8-9-27-10-12-30(13-11-27)31-14-16-34(29(6-2)22-31)32-15-17-35(40-20-18-28(24-37)25-38)33(23-32)19-21-41-36(39)26(3)4/h10-17,22-23,28,36-39H,3,5-9,18-21,24-25H2,1-2,4H3. The zero-order valence-electron chi connectivity index (χ0n) is 25.1. The molecule has 0 fully saturated rings. The van der Waals surface area contributed by atoms with Crippen LogP contribution in [-0.2, 0) is 24.0 Å². The molecule has 3 aromatic carbocycles. The summed E-state index contributed by atoms with van der Waals surface area (Å²) in [7, 11) is 0. The molecule has 5 heteroatoms. The van der Waals surface area contributed by atoms with Gasteiger partial charge in [0.1, 0.15) is 5.75 Å². The van der Waals surface area contributed by atoms with Crippen molar-refractivity contribution in [3.63, 3.8) is 0 Å². The van der Waals surface area contributed by atoms with Gasteiger partial charge in [0.2, 0.25) is 0 Å². The molecule has 0 heterocycles. The number of hydrogen-bond donors (Lipinski definition) is 3. The van der Waals surface area contributed by atoms with Gasteiger partial charge < -0.3 is 24.8 Å². The second-order valence-corrected chi connectivity index (χ2v) is 10.9. The first-order valence-electron chi connectivity index (χ1n) is 15.0. The molecular weight excluding hydrogens is 512 g/mol. The van der Waals surface area contributed by atoms with Gasteiger partial charge in [0.25, 0.3) is 0 Å². The highest BCUT2D eigenvalue weighted by atomic mass is 16.6. The summed E-state index contributed by atoms with van der Waals surface area (Å²) < 4.78 is 11.6. The lowest BCUT2D eigenvalue weighted by Gasteiger charge is -2.18. The highest BCUT2D eigenvalue weighted by Crippen LogP contribution is 2.33. The first-order chi connectivity index (χ1) is 19.9. The first kappa shape index (κ1) is 32.6. The van der Waals surface area contributed by atoms with Crippen LogP contribution in [0.1, 0.15) is 63.1 Å². The van der Waals surface area contributed by atoms with Crippen LogP contribution in [0.2, 0.25) is 0 Å². The molecule has 0 aliphatic carbocycles. The lowest BCUT2D eigenvalue weighted by molar-refractivity contribution is -0.0706. The van der Waals surface area contributed by atoms with E-state index in [1.807, 2.05) is 6.07 Å². The Balaban J connectivity index is 1.83. The van der Waals surface area contributed by atoms with Crippen LogP contribution in [-0.4, -0.2) is 48.0 Å². The number of aliphatic hydroxyl groups excluding tert-OH is 3. The molecule has 3 rings (SSSR count). The lowest BCUT2D eigenvalue weighted by Crippen LogP contribution is -2.16. The number of aliphatic hydroxyl groups is 3. The molecular formula is C36H48O5. The fourth-order valence-electron chi connectivity index (χ4n) is 4.87. The van der Waals surface area contributed by atoms with E-state index in [2.05, 4.69) is 75.0 Å². The average Bonchev–Trinajstić information content (AvgIpc) is 3.00. The van der Waals surface area contributed by atoms with E-state index in [0.29, 0.717) is 31.6 Å². The summed E-state index contributed by atoms with van der Waals surface area (Å²) in [4.78, 5) is 0. The van der Waals surface area contributed by atoms with E-state index in [9.17, 15) is 15.3 Å². The third-order valence-corrected chi connectivity index (χ3v) is 7.58. The number of unbranched alkanes of at least 4 members (excludes halogenated alkanes) is 2. The minimum Gasteiger partial charge on any atom is -0.493 e. The molecule has 0 radical (unpaired) electrons. The highest BCUT2D eigenvalue weighted by molar-refractivity contribution is 5.75. The molecule has 0 aliphatic heterocycles. The third-order valence-electron chi connectivity index (χ3n) is 7.58. The normalized spacial score (nSPS) is 12.1. The maximum absolute atomic E-state index is 10.0. The first-order valence-corrected chi connectivity index (χ1v) is 15.0. The largest absolute Gasteiger partial charge is 0.493 e. The van der Waals surface area contributed by atoms with Crippen LogP contribution in [0.25, 0.3) is 22.3 Å². The monoisotopic (exact) mass is 560 g/mol. The third kappa shape index (κ3) is 9.82. The van der Waals surface area contributed by atoms with Crippen LogP contribution in [0.15, 0.2) is 72.8 Å². The van der Waals surface area contributed by atoms with E-state index in [1.54, 1.807) is 6.92 Å². The molecule has 0 saturated carbocycles. The Labute approximate surface area is 246 Å². The van der Waals surface area contributed by atoms with Gasteiger partial charge in [-0.1, -0.05) is 81.8 Å². The highest BCUT2D eigenvalue weighted by Gasteiger charge is 2.13. The fourth-order valence-corrected chi connectivity index (χ4v) is 4.87. The van der Waals surface area contributed by atoms with Gasteiger partial charge in [0, 0.05) is 19.1 Å². The molecule has 1 unspecified atom stereocenters. The van der Waals surface area contributed by atoms with E-state index in [1.165, 1.54) is 47.1 Å². The van der Waals surface area contributed by atoms with E-state index < -0.39 is 6.29 Å². The van der Waals surface area contributed by atoms with E-state index >= 15 is 0 Å². The van der Waals surface area contributed by atoms with Gasteiger partial charge in [-0.3, -0.25) is 0 Å². The smallest absolute Gasteiger partial charge is 0.176 e. The molecule has 0 bridgehead atoms. The summed E-state index contributed by atoms with van der Waals surface area (Å²) in [6.07, 6.45) is 5.91. The quantitative estimate of drug-likeness (QED) is 0.0876. The minimum absolute atomic E-state index is 0.0722. The van der Waals surface area contributed by atoms with Crippen LogP contribution in [0.5, 0.6) is 5.75 Å². The van der Waals surface area contributed by atoms with Crippen molar-refractivity contribution in [2.75, 3.05) is 26.4 Å². The van der Waals surface area contributed by atoms with E-state index in [-0.39, 0.29) is 19.1 Å². The Bertz CT molecular complexity index is 1210. The summed E-state index contributed by atoms with van der Waals surface area (Å²) in [5, 5.41) is 28.8. The second kappa shape index (κ2) is 17.1. The van der Waals surface area contributed by atoms with Gasteiger partial charge in [-0.15, -0.1) is 0 Å². The second-order valence-electron chi connectivity index (χ2n) is 10.9. The van der Waals surface area contributed by atoms with Gasteiger partial charge in [0.05, 0.1) is 13.2 Å². The van der Waals surface area contributed by atoms with E-state index in [0.717, 1.165) is 29.7 Å².